The van der Waals surface area contributed by atoms with E-state index in [1.54, 1.807) is 0 Å². The fraction of sp³-hybridized carbons (Fsp3) is 0.370. The van der Waals surface area contributed by atoms with Crippen LogP contribution in [0.4, 0.5) is 11.8 Å². The first-order valence-corrected chi connectivity index (χ1v) is 14.8. The normalized spacial score (nSPS) is 17.6. The van der Waals surface area contributed by atoms with Gasteiger partial charge in [0.05, 0.1) is 23.0 Å². The molecule has 2 aromatic heterocycles. The number of piperazine rings is 1. The maximum atomic E-state index is 12.0. The molecule has 38 heavy (non-hydrogen) atoms. The van der Waals surface area contributed by atoms with Crippen molar-refractivity contribution in [1.29, 1.82) is 0 Å². The first-order valence-electron chi connectivity index (χ1n) is 12.6. The first kappa shape index (κ1) is 25.1. The molecule has 2 fully saturated rings. The van der Waals surface area contributed by atoms with E-state index in [0.717, 1.165) is 57.7 Å². The van der Waals surface area contributed by atoms with E-state index < -0.39 is 10.0 Å². The third kappa shape index (κ3) is 4.61. The zero-order valence-corrected chi connectivity index (χ0v) is 23.1. The van der Waals surface area contributed by atoms with Gasteiger partial charge in [0.15, 0.2) is 0 Å². The molecular weight excluding hydrogens is 524 g/mol. The Morgan fingerprint density at radius 1 is 1.03 bits per heavy atom. The summed E-state index contributed by atoms with van der Waals surface area (Å²) in [6, 6.07) is 14.1. The molecule has 9 nitrogen and oxygen atoms in total. The summed E-state index contributed by atoms with van der Waals surface area (Å²) in [5, 5.41) is 9.47. The number of aryl methyl sites for hydroxylation is 2. The zero-order chi connectivity index (χ0) is 26.7. The molecule has 0 spiro atoms. The summed E-state index contributed by atoms with van der Waals surface area (Å²) in [6.07, 6.45) is 3.17. The molecule has 3 heterocycles. The highest BCUT2D eigenvalue weighted by Gasteiger charge is 2.45. The second-order valence-corrected chi connectivity index (χ2v) is 12.6. The van der Waals surface area contributed by atoms with Crippen molar-refractivity contribution >= 4 is 44.3 Å². The van der Waals surface area contributed by atoms with Gasteiger partial charge in [-0.3, -0.25) is 0 Å². The van der Waals surface area contributed by atoms with E-state index in [1.165, 1.54) is 10.6 Å². The van der Waals surface area contributed by atoms with Crippen LogP contribution < -0.4 is 10.2 Å². The van der Waals surface area contributed by atoms with Gasteiger partial charge < -0.3 is 14.7 Å². The van der Waals surface area contributed by atoms with Gasteiger partial charge in [0.2, 0.25) is 16.0 Å². The molecule has 2 aliphatic rings. The number of rotatable bonds is 6. The highest BCUT2D eigenvalue weighted by molar-refractivity contribution is 7.88. The average molecular weight is 553 g/mol. The molecule has 1 aliphatic carbocycles. The van der Waals surface area contributed by atoms with Gasteiger partial charge in [-0.05, 0) is 62.1 Å². The molecule has 6 rings (SSSR count). The first-order chi connectivity index (χ1) is 18.1. The Bertz CT molecular complexity index is 1620. The van der Waals surface area contributed by atoms with Crippen LogP contribution in [0, 0.1) is 13.8 Å². The van der Waals surface area contributed by atoms with Gasteiger partial charge in [0.1, 0.15) is 11.6 Å². The molecule has 0 bridgehead atoms. The monoisotopic (exact) mass is 552 g/mol. The third-order valence-electron chi connectivity index (χ3n) is 7.48. The van der Waals surface area contributed by atoms with Crippen LogP contribution in [0.1, 0.15) is 29.9 Å². The minimum atomic E-state index is -3.23. The number of halogens is 1. The standard InChI is InChI=1S/C27H29ClN6O3S/c1-17-24(18(2)37-32-17)19-7-8-23-22(15-19)25(31-27(9-10-27)20-5-4-6-21(28)16-20)30-26(29-23)33-11-13-34(14-12-33)38(3,35)36/h4-8,15-16H,9-14H2,1-3H3,(H,29,30,31). The van der Waals surface area contributed by atoms with Gasteiger partial charge in [-0.2, -0.15) is 9.29 Å². The molecule has 1 N–H and O–H groups in total. The number of fused-ring (bicyclic) bond motifs is 1. The lowest BCUT2D eigenvalue weighted by molar-refractivity contribution is 0.386. The Labute approximate surface area is 226 Å². The average Bonchev–Trinajstić information content (AvgIpc) is 3.60. The molecule has 0 unspecified atom stereocenters. The van der Waals surface area contributed by atoms with Crippen LogP contribution >= 0.6 is 11.6 Å². The van der Waals surface area contributed by atoms with Crippen molar-refractivity contribution in [3.8, 4) is 11.1 Å². The highest BCUT2D eigenvalue weighted by Crippen LogP contribution is 2.49. The van der Waals surface area contributed by atoms with Crippen LogP contribution in [0.3, 0.4) is 0 Å². The summed E-state index contributed by atoms with van der Waals surface area (Å²) in [7, 11) is -3.23. The summed E-state index contributed by atoms with van der Waals surface area (Å²) in [4.78, 5) is 12.0. The molecule has 0 atom stereocenters. The summed E-state index contributed by atoms with van der Waals surface area (Å²) in [5.74, 6) is 2.08. The fourth-order valence-electron chi connectivity index (χ4n) is 5.25. The van der Waals surface area contributed by atoms with Crippen molar-refractivity contribution in [2.24, 2.45) is 0 Å². The van der Waals surface area contributed by atoms with Crippen LogP contribution in [-0.2, 0) is 15.6 Å². The number of aromatic nitrogens is 3. The van der Waals surface area contributed by atoms with Crippen molar-refractivity contribution < 1.29 is 12.9 Å². The molecule has 1 saturated heterocycles. The summed E-state index contributed by atoms with van der Waals surface area (Å²) < 4.78 is 30.9. The van der Waals surface area contributed by atoms with E-state index >= 15 is 0 Å². The lowest BCUT2D eigenvalue weighted by atomic mass is 10.0. The second-order valence-electron chi connectivity index (χ2n) is 10.2. The van der Waals surface area contributed by atoms with E-state index in [4.69, 9.17) is 26.1 Å². The van der Waals surface area contributed by atoms with Crippen LogP contribution in [-0.4, -0.2) is 60.3 Å². The lowest BCUT2D eigenvalue weighted by Gasteiger charge is -2.33. The van der Waals surface area contributed by atoms with Gasteiger partial charge in [0, 0.05) is 42.2 Å². The Balaban J connectivity index is 1.43. The molecule has 4 aromatic rings. The topological polar surface area (TPSA) is 104 Å². The molecule has 11 heteroatoms. The SMILES string of the molecule is Cc1noc(C)c1-c1ccc2nc(N3CCN(S(C)(=O)=O)CC3)nc(NC3(c4cccc(Cl)c4)CC3)c2c1. The number of hydrogen-bond donors (Lipinski definition) is 1. The lowest BCUT2D eigenvalue weighted by Crippen LogP contribution is -2.48. The van der Waals surface area contributed by atoms with E-state index in [9.17, 15) is 8.42 Å². The summed E-state index contributed by atoms with van der Waals surface area (Å²) in [6.45, 7) is 5.69. The molecule has 0 radical (unpaired) electrons. The number of benzene rings is 2. The Kier molecular flexibility index (Phi) is 6.08. The molecule has 2 aromatic carbocycles. The third-order valence-corrected chi connectivity index (χ3v) is 9.02. The maximum absolute atomic E-state index is 12.0. The van der Waals surface area contributed by atoms with Gasteiger partial charge in [-0.15, -0.1) is 0 Å². The van der Waals surface area contributed by atoms with Crippen molar-refractivity contribution in [3.05, 3.63) is 64.5 Å². The number of anilines is 2. The van der Waals surface area contributed by atoms with Gasteiger partial charge in [-0.1, -0.05) is 35.0 Å². The molecule has 198 valence electrons. The molecule has 1 saturated carbocycles. The maximum Gasteiger partial charge on any atom is 0.227 e. The van der Waals surface area contributed by atoms with E-state index in [2.05, 4.69) is 22.6 Å². The van der Waals surface area contributed by atoms with E-state index in [0.29, 0.717) is 37.1 Å². The predicted octanol–water partition coefficient (Wildman–Crippen LogP) is 4.74. The number of sulfonamides is 1. The van der Waals surface area contributed by atoms with Crippen LogP contribution in [0.15, 0.2) is 47.0 Å². The minimum absolute atomic E-state index is 0.253. The smallest absolute Gasteiger partial charge is 0.227 e. The van der Waals surface area contributed by atoms with Crippen molar-refractivity contribution in [1.82, 2.24) is 19.4 Å². The fourth-order valence-corrected chi connectivity index (χ4v) is 6.26. The van der Waals surface area contributed by atoms with Crippen molar-refractivity contribution in [2.45, 2.75) is 32.2 Å². The van der Waals surface area contributed by atoms with Crippen molar-refractivity contribution in [3.63, 3.8) is 0 Å². The summed E-state index contributed by atoms with van der Waals surface area (Å²) in [5.41, 5.74) is 4.47. The Morgan fingerprint density at radius 2 is 1.79 bits per heavy atom. The largest absolute Gasteiger partial charge is 0.361 e. The van der Waals surface area contributed by atoms with E-state index in [1.807, 2.05) is 49.1 Å². The number of nitrogens with zero attached hydrogens (tertiary/aromatic N) is 5. The van der Waals surface area contributed by atoms with Gasteiger partial charge >= 0.3 is 0 Å². The van der Waals surface area contributed by atoms with Gasteiger partial charge in [-0.25, -0.2) is 13.4 Å². The van der Waals surface area contributed by atoms with Crippen molar-refractivity contribution in [2.75, 3.05) is 42.7 Å². The zero-order valence-electron chi connectivity index (χ0n) is 21.5. The van der Waals surface area contributed by atoms with E-state index in [-0.39, 0.29) is 5.54 Å². The Hall–Kier alpha value is -3.21. The van der Waals surface area contributed by atoms with Gasteiger partial charge in [0.25, 0.3) is 0 Å². The number of nitrogens with one attached hydrogen (secondary N) is 1. The van der Waals surface area contributed by atoms with Crippen LogP contribution in [0.5, 0.6) is 0 Å². The van der Waals surface area contributed by atoms with Crippen LogP contribution in [0.2, 0.25) is 5.02 Å². The predicted molar refractivity (Wildman–Crippen MR) is 149 cm³/mol. The highest BCUT2D eigenvalue weighted by atomic mass is 35.5. The summed E-state index contributed by atoms with van der Waals surface area (Å²) >= 11 is 6.33. The van der Waals surface area contributed by atoms with Crippen LogP contribution in [0.25, 0.3) is 22.0 Å². The molecule has 1 aliphatic heterocycles. The molecular formula is C27H29ClN6O3S. The Morgan fingerprint density at radius 3 is 2.42 bits per heavy atom. The number of hydrogen-bond acceptors (Lipinski definition) is 8. The minimum Gasteiger partial charge on any atom is -0.361 e. The second kappa shape index (κ2) is 9.21. The molecule has 0 amide bonds. The quantitative estimate of drug-likeness (QED) is 0.366.